The molecule has 0 saturated heterocycles. The van der Waals surface area contributed by atoms with Crippen LogP contribution in [0.4, 0.5) is 0 Å². The number of aromatic nitrogens is 1. The predicted molar refractivity (Wildman–Crippen MR) is 60.3 cm³/mol. The summed E-state index contributed by atoms with van der Waals surface area (Å²) in [7, 11) is 0. The first-order valence-electron chi connectivity index (χ1n) is 4.92. The Balaban J connectivity index is 2.40. The van der Waals surface area contributed by atoms with Crippen molar-refractivity contribution >= 4 is 0 Å². The average Bonchev–Trinajstić information content (AvgIpc) is 2.30. The maximum atomic E-state index is 9.04. The molecule has 1 aromatic heterocycles. The molecule has 0 spiro atoms. The van der Waals surface area contributed by atoms with Crippen LogP contribution in [0.1, 0.15) is 11.3 Å². The molecule has 0 aliphatic rings. The van der Waals surface area contributed by atoms with Gasteiger partial charge in [-0.05, 0) is 30.2 Å². The standard InChI is InChI=1S/C13H13NO/c1-10-5-6-13(8-14-10)12-4-2-3-11(7-12)9-15/h2-8,15H,9H2,1H3. The van der Waals surface area contributed by atoms with Gasteiger partial charge < -0.3 is 5.11 Å². The van der Waals surface area contributed by atoms with Gasteiger partial charge in [0.15, 0.2) is 0 Å². The summed E-state index contributed by atoms with van der Waals surface area (Å²) in [6.45, 7) is 2.04. The summed E-state index contributed by atoms with van der Waals surface area (Å²) in [5, 5.41) is 9.04. The minimum Gasteiger partial charge on any atom is -0.392 e. The molecule has 0 fully saturated rings. The monoisotopic (exact) mass is 199 g/mol. The zero-order valence-electron chi connectivity index (χ0n) is 8.64. The van der Waals surface area contributed by atoms with Crippen LogP contribution in [0.15, 0.2) is 42.6 Å². The summed E-state index contributed by atoms with van der Waals surface area (Å²) in [4.78, 5) is 4.25. The van der Waals surface area contributed by atoms with E-state index in [1.807, 2.05) is 49.5 Å². The first-order chi connectivity index (χ1) is 7.29. The number of nitrogens with zero attached hydrogens (tertiary/aromatic N) is 1. The van der Waals surface area contributed by atoms with Gasteiger partial charge in [-0.25, -0.2) is 0 Å². The lowest BCUT2D eigenvalue weighted by atomic mass is 10.1. The van der Waals surface area contributed by atoms with E-state index >= 15 is 0 Å². The average molecular weight is 199 g/mol. The van der Waals surface area contributed by atoms with Gasteiger partial charge in [-0.15, -0.1) is 0 Å². The van der Waals surface area contributed by atoms with Gasteiger partial charge in [0.25, 0.3) is 0 Å². The Morgan fingerprint density at radius 3 is 2.67 bits per heavy atom. The van der Waals surface area contributed by atoms with Crippen LogP contribution in [0, 0.1) is 6.92 Å². The third-order valence-corrected chi connectivity index (χ3v) is 2.35. The molecule has 2 rings (SSSR count). The first-order valence-corrected chi connectivity index (χ1v) is 4.92. The molecule has 0 saturated carbocycles. The molecule has 15 heavy (non-hydrogen) atoms. The number of aryl methyl sites for hydroxylation is 1. The molecule has 1 heterocycles. The van der Waals surface area contributed by atoms with Gasteiger partial charge in [-0.2, -0.15) is 0 Å². The predicted octanol–water partition coefficient (Wildman–Crippen LogP) is 2.55. The molecule has 0 unspecified atom stereocenters. The van der Waals surface area contributed by atoms with Crippen molar-refractivity contribution in [2.45, 2.75) is 13.5 Å². The van der Waals surface area contributed by atoms with Gasteiger partial charge in [0, 0.05) is 17.5 Å². The normalized spacial score (nSPS) is 10.3. The van der Waals surface area contributed by atoms with Gasteiger partial charge in [0.1, 0.15) is 0 Å². The van der Waals surface area contributed by atoms with Gasteiger partial charge >= 0.3 is 0 Å². The zero-order chi connectivity index (χ0) is 10.7. The highest BCUT2D eigenvalue weighted by molar-refractivity contribution is 5.63. The number of benzene rings is 1. The Hall–Kier alpha value is -1.67. The molecule has 2 aromatic rings. The van der Waals surface area contributed by atoms with E-state index in [-0.39, 0.29) is 6.61 Å². The van der Waals surface area contributed by atoms with Crippen LogP contribution in [0.5, 0.6) is 0 Å². The maximum absolute atomic E-state index is 9.04. The third kappa shape index (κ3) is 2.22. The molecule has 0 radical (unpaired) electrons. The van der Waals surface area contributed by atoms with Crippen LogP contribution in [-0.4, -0.2) is 10.1 Å². The summed E-state index contributed by atoms with van der Waals surface area (Å²) < 4.78 is 0. The lowest BCUT2D eigenvalue weighted by Gasteiger charge is -2.03. The fourth-order valence-electron chi connectivity index (χ4n) is 1.49. The number of hydrogen-bond donors (Lipinski definition) is 1. The Kier molecular flexibility index (Phi) is 2.79. The van der Waals surface area contributed by atoms with E-state index in [2.05, 4.69) is 4.98 Å². The number of rotatable bonds is 2. The Bertz CT molecular complexity index is 448. The lowest BCUT2D eigenvalue weighted by molar-refractivity contribution is 0.282. The van der Waals surface area contributed by atoms with E-state index in [1.54, 1.807) is 0 Å². The number of aliphatic hydroxyl groups excluding tert-OH is 1. The molecule has 1 N–H and O–H groups in total. The van der Waals surface area contributed by atoms with Crippen molar-refractivity contribution in [3.05, 3.63) is 53.9 Å². The van der Waals surface area contributed by atoms with Gasteiger partial charge in [0.05, 0.1) is 6.61 Å². The van der Waals surface area contributed by atoms with Gasteiger partial charge in [-0.1, -0.05) is 24.3 Å². The smallest absolute Gasteiger partial charge is 0.0682 e. The number of aliphatic hydroxyl groups is 1. The number of hydrogen-bond acceptors (Lipinski definition) is 2. The van der Waals surface area contributed by atoms with Crippen LogP contribution in [-0.2, 0) is 6.61 Å². The van der Waals surface area contributed by atoms with E-state index in [1.165, 1.54) is 0 Å². The maximum Gasteiger partial charge on any atom is 0.0682 e. The number of pyridine rings is 1. The van der Waals surface area contributed by atoms with Gasteiger partial charge in [0.2, 0.25) is 0 Å². The minimum absolute atomic E-state index is 0.0765. The van der Waals surface area contributed by atoms with Crippen LogP contribution >= 0.6 is 0 Å². The molecule has 0 amide bonds. The molecule has 2 heteroatoms. The molecule has 0 aliphatic carbocycles. The van der Waals surface area contributed by atoms with Crippen molar-refractivity contribution < 1.29 is 5.11 Å². The SMILES string of the molecule is Cc1ccc(-c2cccc(CO)c2)cn1. The van der Waals surface area contributed by atoms with E-state index in [4.69, 9.17) is 5.11 Å². The van der Waals surface area contributed by atoms with Crippen molar-refractivity contribution in [3.63, 3.8) is 0 Å². The largest absolute Gasteiger partial charge is 0.392 e. The van der Waals surface area contributed by atoms with Crippen LogP contribution < -0.4 is 0 Å². The van der Waals surface area contributed by atoms with Crippen molar-refractivity contribution in [3.8, 4) is 11.1 Å². The topological polar surface area (TPSA) is 33.1 Å². The quantitative estimate of drug-likeness (QED) is 0.806. The summed E-state index contributed by atoms with van der Waals surface area (Å²) in [5.41, 5.74) is 4.11. The van der Waals surface area contributed by atoms with Crippen molar-refractivity contribution in [2.24, 2.45) is 0 Å². The fourth-order valence-corrected chi connectivity index (χ4v) is 1.49. The van der Waals surface area contributed by atoms with Crippen LogP contribution in [0.25, 0.3) is 11.1 Å². The second-order valence-electron chi connectivity index (χ2n) is 3.55. The minimum atomic E-state index is 0.0765. The van der Waals surface area contributed by atoms with Crippen molar-refractivity contribution in [1.29, 1.82) is 0 Å². The molecule has 0 aliphatic heterocycles. The highest BCUT2D eigenvalue weighted by atomic mass is 16.3. The van der Waals surface area contributed by atoms with Crippen molar-refractivity contribution in [2.75, 3.05) is 0 Å². The third-order valence-electron chi connectivity index (χ3n) is 2.35. The van der Waals surface area contributed by atoms with E-state index < -0.39 is 0 Å². The van der Waals surface area contributed by atoms with Crippen LogP contribution in [0.3, 0.4) is 0 Å². The summed E-state index contributed by atoms with van der Waals surface area (Å²) >= 11 is 0. The second-order valence-corrected chi connectivity index (χ2v) is 3.55. The highest BCUT2D eigenvalue weighted by Gasteiger charge is 1.98. The summed E-state index contributed by atoms with van der Waals surface area (Å²) in [5.74, 6) is 0. The molecule has 1 aromatic carbocycles. The first kappa shape index (κ1) is 9.87. The summed E-state index contributed by atoms with van der Waals surface area (Å²) in [6, 6.07) is 11.9. The lowest BCUT2D eigenvalue weighted by Crippen LogP contribution is -1.86. The summed E-state index contributed by atoms with van der Waals surface area (Å²) in [6.07, 6.45) is 1.85. The molecule has 0 bridgehead atoms. The molecular weight excluding hydrogens is 186 g/mol. The zero-order valence-corrected chi connectivity index (χ0v) is 8.64. The molecular formula is C13H13NO. The Labute approximate surface area is 89.2 Å². The van der Waals surface area contributed by atoms with Crippen molar-refractivity contribution in [1.82, 2.24) is 4.98 Å². The Morgan fingerprint density at radius 1 is 1.13 bits per heavy atom. The van der Waals surface area contributed by atoms with E-state index in [9.17, 15) is 0 Å². The molecule has 0 atom stereocenters. The van der Waals surface area contributed by atoms with E-state index in [0.29, 0.717) is 0 Å². The van der Waals surface area contributed by atoms with Gasteiger partial charge in [-0.3, -0.25) is 4.98 Å². The molecule has 76 valence electrons. The highest BCUT2D eigenvalue weighted by Crippen LogP contribution is 2.19. The van der Waals surface area contributed by atoms with E-state index in [0.717, 1.165) is 22.4 Å². The second kappa shape index (κ2) is 4.24. The fraction of sp³-hybridized carbons (Fsp3) is 0.154. The molecule has 2 nitrogen and oxygen atoms in total. The Morgan fingerprint density at radius 2 is 2.00 bits per heavy atom. The van der Waals surface area contributed by atoms with Crippen LogP contribution in [0.2, 0.25) is 0 Å².